The van der Waals surface area contributed by atoms with Gasteiger partial charge in [-0.05, 0) is 36.7 Å². The first-order valence-corrected chi connectivity index (χ1v) is 9.90. The molecule has 0 bridgehead atoms. The van der Waals surface area contributed by atoms with E-state index < -0.39 is 0 Å². The lowest BCUT2D eigenvalue weighted by atomic mass is 9.85. The summed E-state index contributed by atoms with van der Waals surface area (Å²) in [4.78, 5) is 18.6. The van der Waals surface area contributed by atoms with Crippen LogP contribution in [0.4, 0.5) is 5.69 Å². The van der Waals surface area contributed by atoms with Gasteiger partial charge in [0.1, 0.15) is 5.01 Å². The average Bonchev–Trinajstić information content (AvgIpc) is 3.39. The van der Waals surface area contributed by atoms with Crippen molar-refractivity contribution < 1.29 is 0 Å². The molecule has 26 heavy (non-hydrogen) atoms. The van der Waals surface area contributed by atoms with Gasteiger partial charge in [-0.2, -0.15) is 0 Å². The van der Waals surface area contributed by atoms with Gasteiger partial charge in [-0.25, -0.2) is 4.98 Å². The van der Waals surface area contributed by atoms with Crippen LogP contribution in [0.15, 0.2) is 54.4 Å². The second-order valence-corrected chi connectivity index (χ2v) is 8.23. The van der Waals surface area contributed by atoms with Crippen molar-refractivity contribution in [3.05, 3.63) is 70.7 Å². The summed E-state index contributed by atoms with van der Waals surface area (Å²) in [7, 11) is 0. The summed E-state index contributed by atoms with van der Waals surface area (Å²) >= 11 is 1.74. The van der Waals surface area contributed by atoms with E-state index in [1.54, 1.807) is 11.3 Å². The van der Waals surface area contributed by atoms with E-state index in [9.17, 15) is 0 Å². The zero-order valence-electron chi connectivity index (χ0n) is 14.6. The maximum Gasteiger partial charge on any atom is 0.107 e. The van der Waals surface area contributed by atoms with Gasteiger partial charge < -0.3 is 4.90 Å². The summed E-state index contributed by atoms with van der Waals surface area (Å²) in [6, 6.07) is 8.43. The van der Waals surface area contributed by atoms with Gasteiger partial charge in [-0.1, -0.05) is 6.07 Å². The second-order valence-electron chi connectivity index (χ2n) is 7.26. The van der Waals surface area contributed by atoms with Gasteiger partial charge in [0.2, 0.25) is 0 Å². The lowest BCUT2D eigenvalue weighted by Crippen LogP contribution is -2.36. The van der Waals surface area contributed by atoms with Crippen LogP contribution in [0.5, 0.6) is 0 Å². The van der Waals surface area contributed by atoms with E-state index in [2.05, 4.69) is 43.3 Å². The number of anilines is 1. The largest absolute Gasteiger partial charge is 0.365 e. The lowest BCUT2D eigenvalue weighted by molar-refractivity contribution is 0.304. The van der Waals surface area contributed by atoms with Crippen LogP contribution in [0.3, 0.4) is 0 Å². The number of fused-ring (bicyclic) bond motifs is 2. The molecule has 0 unspecified atom stereocenters. The Labute approximate surface area is 157 Å². The van der Waals surface area contributed by atoms with Crippen molar-refractivity contribution in [2.24, 2.45) is 0 Å². The Morgan fingerprint density at radius 2 is 2.00 bits per heavy atom. The fraction of sp³-hybridized carbons (Fsp3) is 0.350. The van der Waals surface area contributed by atoms with E-state index in [1.807, 2.05) is 30.9 Å². The van der Waals surface area contributed by atoms with E-state index in [0.29, 0.717) is 0 Å². The SMILES string of the molecule is c1cncc(CN2C[C@@]3(CCN(Cc4nccs4)C3)c3ncccc32)c1. The van der Waals surface area contributed by atoms with Gasteiger partial charge >= 0.3 is 0 Å². The highest BCUT2D eigenvalue weighted by Gasteiger charge is 2.48. The van der Waals surface area contributed by atoms with Gasteiger partial charge in [-0.3, -0.25) is 14.9 Å². The Morgan fingerprint density at radius 1 is 1.04 bits per heavy atom. The first-order valence-electron chi connectivity index (χ1n) is 9.03. The highest BCUT2D eigenvalue weighted by molar-refractivity contribution is 7.09. The topological polar surface area (TPSA) is 45.2 Å². The molecule has 0 amide bonds. The number of aromatic nitrogens is 3. The zero-order chi connectivity index (χ0) is 17.4. The number of likely N-dealkylation sites (tertiary alicyclic amines) is 1. The number of nitrogens with zero attached hydrogens (tertiary/aromatic N) is 5. The molecular formula is C20H21N5S. The van der Waals surface area contributed by atoms with E-state index in [-0.39, 0.29) is 5.41 Å². The minimum atomic E-state index is 0.135. The highest BCUT2D eigenvalue weighted by Crippen LogP contribution is 2.45. The Morgan fingerprint density at radius 3 is 2.85 bits per heavy atom. The molecule has 1 atom stereocenters. The standard InChI is InChI=1S/C20H21N5S/c1-3-16(11-21-6-1)12-25-15-20(19-17(25)4-2-7-23-19)5-9-24(14-20)13-18-22-8-10-26-18/h1-4,6-8,10-11H,5,9,12-15H2/t20-/m0/s1. The molecule has 0 saturated carbocycles. The molecule has 1 spiro atoms. The summed E-state index contributed by atoms with van der Waals surface area (Å²) in [5.41, 5.74) is 3.94. The van der Waals surface area contributed by atoms with Crippen molar-refractivity contribution in [3.8, 4) is 0 Å². The highest BCUT2D eigenvalue weighted by atomic mass is 32.1. The van der Waals surface area contributed by atoms with Crippen LogP contribution in [-0.4, -0.2) is 39.5 Å². The number of thiazole rings is 1. The minimum Gasteiger partial charge on any atom is -0.365 e. The zero-order valence-corrected chi connectivity index (χ0v) is 15.4. The Kier molecular flexibility index (Phi) is 3.94. The van der Waals surface area contributed by atoms with Gasteiger partial charge in [-0.15, -0.1) is 11.3 Å². The molecular weight excluding hydrogens is 342 g/mol. The molecule has 2 aliphatic rings. The molecule has 1 saturated heterocycles. The molecule has 3 aromatic rings. The molecule has 1 fully saturated rings. The molecule has 5 nitrogen and oxygen atoms in total. The minimum absolute atomic E-state index is 0.135. The molecule has 3 aromatic heterocycles. The Balaban J connectivity index is 1.40. The molecule has 0 aliphatic carbocycles. The summed E-state index contributed by atoms with van der Waals surface area (Å²) in [6.45, 7) is 5.03. The van der Waals surface area contributed by atoms with Crippen LogP contribution in [0, 0.1) is 0 Å². The number of hydrogen-bond donors (Lipinski definition) is 0. The first-order chi connectivity index (χ1) is 12.8. The summed E-state index contributed by atoms with van der Waals surface area (Å²) < 4.78 is 0. The van der Waals surface area contributed by atoms with E-state index in [0.717, 1.165) is 39.1 Å². The van der Waals surface area contributed by atoms with Gasteiger partial charge in [0.05, 0.1) is 17.9 Å². The summed E-state index contributed by atoms with van der Waals surface area (Å²) in [5, 5.41) is 3.26. The number of hydrogen-bond acceptors (Lipinski definition) is 6. The van der Waals surface area contributed by atoms with E-state index >= 15 is 0 Å². The molecule has 5 heterocycles. The molecule has 0 aromatic carbocycles. The third-order valence-corrected chi connectivity index (χ3v) is 6.26. The van der Waals surface area contributed by atoms with Crippen molar-refractivity contribution in [1.82, 2.24) is 19.9 Å². The third-order valence-electron chi connectivity index (χ3n) is 5.49. The molecule has 2 aliphatic heterocycles. The maximum absolute atomic E-state index is 4.82. The van der Waals surface area contributed by atoms with Gasteiger partial charge in [0.15, 0.2) is 0 Å². The summed E-state index contributed by atoms with van der Waals surface area (Å²) in [5.74, 6) is 0. The Hall–Kier alpha value is -2.31. The van der Waals surface area contributed by atoms with Gasteiger partial charge in [0.25, 0.3) is 0 Å². The predicted molar refractivity (Wildman–Crippen MR) is 103 cm³/mol. The normalized spacial score (nSPS) is 22.2. The van der Waals surface area contributed by atoms with Crippen LogP contribution in [0.25, 0.3) is 0 Å². The Bertz CT molecular complexity index is 882. The lowest BCUT2D eigenvalue weighted by Gasteiger charge is -2.25. The van der Waals surface area contributed by atoms with Gasteiger partial charge in [0, 0.05) is 55.2 Å². The van der Waals surface area contributed by atoms with E-state index in [4.69, 9.17) is 4.98 Å². The maximum atomic E-state index is 4.82. The van der Waals surface area contributed by atoms with Crippen molar-refractivity contribution in [1.29, 1.82) is 0 Å². The van der Waals surface area contributed by atoms with Crippen molar-refractivity contribution >= 4 is 17.0 Å². The van der Waals surface area contributed by atoms with Crippen LogP contribution >= 0.6 is 11.3 Å². The molecule has 132 valence electrons. The quantitative estimate of drug-likeness (QED) is 0.713. The third kappa shape index (κ3) is 2.79. The molecule has 5 rings (SSSR count). The fourth-order valence-corrected chi connectivity index (χ4v) is 5.03. The smallest absolute Gasteiger partial charge is 0.107 e. The first kappa shape index (κ1) is 15.9. The fourth-order valence-electron chi connectivity index (χ4n) is 4.38. The average molecular weight is 363 g/mol. The van der Waals surface area contributed by atoms with Crippen LogP contribution < -0.4 is 4.90 Å². The van der Waals surface area contributed by atoms with Crippen molar-refractivity contribution in [2.75, 3.05) is 24.5 Å². The second kappa shape index (κ2) is 6.45. The van der Waals surface area contributed by atoms with Crippen molar-refractivity contribution in [2.45, 2.75) is 24.9 Å². The number of rotatable bonds is 4. The van der Waals surface area contributed by atoms with Crippen LogP contribution in [0.1, 0.15) is 22.7 Å². The summed E-state index contributed by atoms with van der Waals surface area (Å²) in [6.07, 6.45) is 8.79. The van der Waals surface area contributed by atoms with E-state index in [1.165, 1.54) is 22.0 Å². The molecule has 0 radical (unpaired) electrons. The molecule has 6 heteroatoms. The molecule has 0 N–H and O–H groups in total. The monoisotopic (exact) mass is 363 g/mol. The van der Waals surface area contributed by atoms with Crippen LogP contribution in [-0.2, 0) is 18.5 Å². The van der Waals surface area contributed by atoms with Crippen molar-refractivity contribution in [3.63, 3.8) is 0 Å². The van der Waals surface area contributed by atoms with Crippen LogP contribution in [0.2, 0.25) is 0 Å². The predicted octanol–water partition coefficient (Wildman–Crippen LogP) is 3.10. The number of pyridine rings is 2.